The maximum atomic E-state index is 9.05. The first-order valence-corrected chi connectivity index (χ1v) is 8.49. The number of piperidine rings is 1. The molecule has 3 nitrogen and oxygen atoms in total. The Kier molecular flexibility index (Phi) is 5.15. The maximum Gasteiger partial charge on any atom is 0.161 e. The van der Waals surface area contributed by atoms with Crippen molar-refractivity contribution in [2.45, 2.75) is 25.7 Å². The molecule has 4 heteroatoms. The summed E-state index contributed by atoms with van der Waals surface area (Å²) in [7, 11) is 0. The molecule has 1 aliphatic rings. The third kappa shape index (κ3) is 4.03. The normalized spacial score (nSPS) is 15.4. The number of pyridine rings is 1. The third-order valence-electron chi connectivity index (χ3n) is 4.56. The van der Waals surface area contributed by atoms with Crippen molar-refractivity contribution >= 4 is 17.4 Å². The standard InChI is InChI=1S/C19H20ClN3/c20-17-8-9-19(22-18(17)14-21)23-12-10-16(11-13-23)7-6-15-4-2-1-3-5-15/h1-5,8-9,16H,6-7,10-13H2. The molecule has 2 heterocycles. The predicted octanol–water partition coefficient (Wildman–Crippen LogP) is 4.46. The summed E-state index contributed by atoms with van der Waals surface area (Å²) in [6.45, 7) is 2.00. The van der Waals surface area contributed by atoms with Crippen LogP contribution in [-0.4, -0.2) is 18.1 Å². The van der Waals surface area contributed by atoms with E-state index in [0.29, 0.717) is 10.7 Å². The van der Waals surface area contributed by atoms with Crippen molar-refractivity contribution in [2.75, 3.05) is 18.0 Å². The van der Waals surface area contributed by atoms with Gasteiger partial charge in [0.25, 0.3) is 0 Å². The molecule has 1 aromatic heterocycles. The number of rotatable bonds is 4. The van der Waals surface area contributed by atoms with Crippen LogP contribution in [0.2, 0.25) is 5.02 Å². The van der Waals surface area contributed by atoms with Crippen LogP contribution in [-0.2, 0) is 6.42 Å². The monoisotopic (exact) mass is 325 g/mol. The number of aryl methyl sites for hydroxylation is 1. The highest BCUT2D eigenvalue weighted by molar-refractivity contribution is 6.31. The van der Waals surface area contributed by atoms with E-state index in [1.165, 1.54) is 24.8 Å². The molecule has 0 unspecified atom stereocenters. The van der Waals surface area contributed by atoms with E-state index >= 15 is 0 Å². The molecule has 1 aromatic carbocycles. The van der Waals surface area contributed by atoms with E-state index in [0.717, 1.165) is 31.2 Å². The van der Waals surface area contributed by atoms with Crippen LogP contribution >= 0.6 is 11.6 Å². The lowest BCUT2D eigenvalue weighted by atomic mass is 9.90. The fourth-order valence-electron chi connectivity index (χ4n) is 3.15. The lowest BCUT2D eigenvalue weighted by Gasteiger charge is -2.33. The molecule has 0 spiro atoms. The molecule has 118 valence electrons. The van der Waals surface area contributed by atoms with Gasteiger partial charge in [0, 0.05) is 13.1 Å². The second kappa shape index (κ2) is 7.48. The van der Waals surface area contributed by atoms with Gasteiger partial charge in [-0.3, -0.25) is 0 Å². The number of benzene rings is 1. The average Bonchev–Trinajstić information content (AvgIpc) is 2.62. The molecule has 0 atom stereocenters. The first-order valence-electron chi connectivity index (χ1n) is 8.12. The van der Waals surface area contributed by atoms with Crippen molar-refractivity contribution in [3.8, 4) is 6.07 Å². The van der Waals surface area contributed by atoms with Crippen LogP contribution in [0.25, 0.3) is 0 Å². The summed E-state index contributed by atoms with van der Waals surface area (Å²) in [5.74, 6) is 1.64. The minimum atomic E-state index is 0.315. The lowest BCUT2D eigenvalue weighted by Crippen LogP contribution is -2.34. The Morgan fingerprint density at radius 1 is 1.13 bits per heavy atom. The molecule has 1 fully saturated rings. The summed E-state index contributed by atoms with van der Waals surface area (Å²) in [5.41, 5.74) is 1.74. The fraction of sp³-hybridized carbons (Fsp3) is 0.368. The van der Waals surface area contributed by atoms with Crippen LogP contribution < -0.4 is 4.90 Å². The number of hydrogen-bond donors (Lipinski definition) is 0. The van der Waals surface area contributed by atoms with Crippen LogP contribution in [0.1, 0.15) is 30.5 Å². The zero-order chi connectivity index (χ0) is 16.1. The Hall–Kier alpha value is -2.05. The second-order valence-electron chi connectivity index (χ2n) is 6.07. The highest BCUT2D eigenvalue weighted by atomic mass is 35.5. The van der Waals surface area contributed by atoms with E-state index < -0.39 is 0 Å². The van der Waals surface area contributed by atoms with Gasteiger partial charge in [-0.15, -0.1) is 0 Å². The predicted molar refractivity (Wildman–Crippen MR) is 93.7 cm³/mol. The summed E-state index contributed by atoms with van der Waals surface area (Å²) >= 11 is 5.95. The molecule has 0 amide bonds. The van der Waals surface area contributed by atoms with Gasteiger partial charge in [0.15, 0.2) is 5.69 Å². The first-order chi connectivity index (χ1) is 11.3. The maximum absolute atomic E-state index is 9.05. The summed E-state index contributed by atoms with van der Waals surface area (Å²) < 4.78 is 0. The molecule has 23 heavy (non-hydrogen) atoms. The fourth-order valence-corrected chi connectivity index (χ4v) is 3.30. The second-order valence-corrected chi connectivity index (χ2v) is 6.47. The lowest BCUT2D eigenvalue weighted by molar-refractivity contribution is 0.380. The van der Waals surface area contributed by atoms with Crippen LogP contribution in [0.15, 0.2) is 42.5 Å². The van der Waals surface area contributed by atoms with Crippen molar-refractivity contribution in [3.05, 3.63) is 58.7 Å². The van der Waals surface area contributed by atoms with E-state index in [-0.39, 0.29) is 0 Å². The molecule has 1 saturated heterocycles. The molecule has 0 bridgehead atoms. The number of nitriles is 1. The van der Waals surface area contributed by atoms with Crippen LogP contribution in [0.5, 0.6) is 0 Å². The Bertz CT molecular complexity index is 686. The number of nitrogens with zero attached hydrogens (tertiary/aromatic N) is 3. The van der Waals surface area contributed by atoms with E-state index in [9.17, 15) is 0 Å². The van der Waals surface area contributed by atoms with Gasteiger partial charge < -0.3 is 4.90 Å². The van der Waals surface area contributed by atoms with E-state index in [1.54, 1.807) is 6.07 Å². The zero-order valence-electron chi connectivity index (χ0n) is 13.1. The molecular formula is C19H20ClN3. The highest BCUT2D eigenvalue weighted by Gasteiger charge is 2.20. The Morgan fingerprint density at radius 2 is 1.87 bits per heavy atom. The quantitative estimate of drug-likeness (QED) is 0.833. The first kappa shape index (κ1) is 15.8. The molecule has 0 radical (unpaired) electrons. The number of hydrogen-bond acceptors (Lipinski definition) is 3. The summed E-state index contributed by atoms with van der Waals surface area (Å²) in [4.78, 5) is 6.63. The molecule has 2 aromatic rings. The van der Waals surface area contributed by atoms with Crippen LogP contribution in [0.4, 0.5) is 5.82 Å². The van der Waals surface area contributed by atoms with Gasteiger partial charge in [-0.05, 0) is 49.3 Å². The Morgan fingerprint density at radius 3 is 2.57 bits per heavy atom. The van der Waals surface area contributed by atoms with Gasteiger partial charge in [0.1, 0.15) is 11.9 Å². The van der Waals surface area contributed by atoms with Crippen molar-refractivity contribution < 1.29 is 0 Å². The zero-order valence-corrected chi connectivity index (χ0v) is 13.8. The van der Waals surface area contributed by atoms with Crippen molar-refractivity contribution in [1.29, 1.82) is 5.26 Å². The average molecular weight is 326 g/mol. The molecule has 1 aliphatic heterocycles. The van der Waals surface area contributed by atoms with E-state index in [2.05, 4.69) is 46.3 Å². The largest absolute Gasteiger partial charge is 0.357 e. The molecular weight excluding hydrogens is 306 g/mol. The van der Waals surface area contributed by atoms with E-state index in [4.69, 9.17) is 16.9 Å². The smallest absolute Gasteiger partial charge is 0.161 e. The molecule has 0 saturated carbocycles. The highest BCUT2D eigenvalue weighted by Crippen LogP contribution is 2.26. The van der Waals surface area contributed by atoms with Gasteiger partial charge in [-0.2, -0.15) is 5.26 Å². The molecule has 0 N–H and O–H groups in total. The van der Waals surface area contributed by atoms with Gasteiger partial charge in [-0.1, -0.05) is 41.9 Å². The van der Waals surface area contributed by atoms with Gasteiger partial charge in [0.2, 0.25) is 0 Å². The van der Waals surface area contributed by atoms with Crippen molar-refractivity contribution in [2.24, 2.45) is 5.92 Å². The minimum absolute atomic E-state index is 0.315. The van der Waals surface area contributed by atoms with E-state index in [1.807, 2.05) is 6.07 Å². The number of anilines is 1. The van der Waals surface area contributed by atoms with Crippen LogP contribution in [0.3, 0.4) is 0 Å². The Labute approximate surface area is 142 Å². The Balaban J connectivity index is 1.53. The van der Waals surface area contributed by atoms with Gasteiger partial charge >= 0.3 is 0 Å². The number of halogens is 1. The van der Waals surface area contributed by atoms with Crippen molar-refractivity contribution in [3.63, 3.8) is 0 Å². The number of aromatic nitrogens is 1. The SMILES string of the molecule is N#Cc1nc(N2CCC(CCc3ccccc3)CC2)ccc1Cl. The molecule has 0 aliphatic carbocycles. The van der Waals surface area contributed by atoms with Crippen LogP contribution in [0, 0.1) is 17.2 Å². The van der Waals surface area contributed by atoms with Crippen molar-refractivity contribution in [1.82, 2.24) is 4.98 Å². The molecule has 3 rings (SSSR count). The van der Waals surface area contributed by atoms with Gasteiger partial charge in [-0.25, -0.2) is 4.98 Å². The summed E-state index contributed by atoms with van der Waals surface area (Å²) in [5, 5.41) is 9.47. The summed E-state index contributed by atoms with van der Waals surface area (Å²) in [6.07, 6.45) is 4.76. The minimum Gasteiger partial charge on any atom is -0.357 e. The topological polar surface area (TPSA) is 39.9 Å². The third-order valence-corrected chi connectivity index (χ3v) is 4.86. The van der Waals surface area contributed by atoms with Gasteiger partial charge in [0.05, 0.1) is 5.02 Å². The summed E-state index contributed by atoms with van der Waals surface area (Å²) in [6, 6.07) is 16.4.